The molecule has 0 aromatic rings. The minimum atomic E-state index is -4.22. The summed E-state index contributed by atoms with van der Waals surface area (Å²) in [6, 6.07) is 0.475. The third kappa shape index (κ3) is 10.2. The molecule has 0 bridgehead atoms. The van der Waals surface area contributed by atoms with Gasteiger partial charge in [-0.25, -0.2) is 0 Å². The summed E-state index contributed by atoms with van der Waals surface area (Å²) in [5, 5.41) is 3.02. The SMILES string of the molecule is CC(C)N(C)CCNCCOCC(F)(F)F. The van der Waals surface area contributed by atoms with Gasteiger partial charge in [0.05, 0.1) is 6.61 Å². The predicted molar refractivity (Wildman–Crippen MR) is 57.5 cm³/mol. The highest BCUT2D eigenvalue weighted by Crippen LogP contribution is 2.13. The number of ether oxygens (including phenoxy) is 1. The second kappa shape index (κ2) is 7.86. The van der Waals surface area contributed by atoms with E-state index < -0.39 is 12.8 Å². The maximum atomic E-state index is 11.7. The fourth-order valence-corrected chi connectivity index (χ4v) is 0.971. The Morgan fingerprint density at radius 2 is 1.88 bits per heavy atom. The van der Waals surface area contributed by atoms with Crippen LogP contribution < -0.4 is 5.32 Å². The van der Waals surface area contributed by atoms with Crippen LogP contribution in [0.25, 0.3) is 0 Å². The summed E-state index contributed by atoms with van der Waals surface area (Å²) < 4.78 is 39.5. The third-order valence-electron chi connectivity index (χ3n) is 2.21. The Hall–Kier alpha value is -0.330. The highest BCUT2D eigenvalue weighted by molar-refractivity contribution is 4.58. The van der Waals surface area contributed by atoms with E-state index in [-0.39, 0.29) is 6.61 Å². The number of likely N-dealkylation sites (N-methyl/N-ethyl adjacent to an activating group) is 1. The van der Waals surface area contributed by atoms with Gasteiger partial charge in [0.25, 0.3) is 0 Å². The first-order chi connectivity index (χ1) is 7.33. The first-order valence-electron chi connectivity index (χ1n) is 5.38. The average Bonchev–Trinajstić information content (AvgIpc) is 2.14. The van der Waals surface area contributed by atoms with Crippen LogP contribution in [0, 0.1) is 0 Å². The summed E-state index contributed by atoms with van der Waals surface area (Å²) in [6.07, 6.45) is -4.22. The number of nitrogens with one attached hydrogen (secondary N) is 1. The zero-order chi connectivity index (χ0) is 12.6. The Balaban J connectivity index is 3.22. The van der Waals surface area contributed by atoms with Crippen molar-refractivity contribution in [3.8, 4) is 0 Å². The molecule has 0 aliphatic carbocycles. The van der Waals surface area contributed by atoms with E-state index in [4.69, 9.17) is 0 Å². The topological polar surface area (TPSA) is 24.5 Å². The summed E-state index contributed by atoms with van der Waals surface area (Å²) in [4.78, 5) is 2.16. The van der Waals surface area contributed by atoms with Crippen molar-refractivity contribution >= 4 is 0 Å². The molecule has 0 aliphatic heterocycles. The van der Waals surface area contributed by atoms with Gasteiger partial charge in [-0.05, 0) is 20.9 Å². The molecule has 98 valence electrons. The van der Waals surface area contributed by atoms with Gasteiger partial charge in [-0.15, -0.1) is 0 Å². The van der Waals surface area contributed by atoms with E-state index in [1.165, 1.54) is 0 Å². The number of hydrogen-bond donors (Lipinski definition) is 1. The Labute approximate surface area is 94.9 Å². The third-order valence-corrected chi connectivity index (χ3v) is 2.21. The maximum absolute atomic E-state index is 11.7. The van der Waals surface area contributed by atoms with E-state index in [9.17, 15) is 13.2 Å². The maximum Gasteiger partial charge on any atom is 0.411 e. The highest BCUT2D eigenvalue weighted by Gasteiger charge is 2.27. The molecule has 0 radical (unpaired) electrons. The molecule has 0 spiro atoms. The molecule has 0 fully saturated rings. The van der Waals surface area contributed by atoms with Crippen molar-refractivity contribution < 1.29 is 17.9 Å². The van der Waals surface area contributed by atoms with Crippen molar-refractivity contribution in [2.24, 2.45) is 0 Å². The van der Waals surface area contributed by atoms with Crippen LogP contribution in [0.3, 0.4) is 0 Å². The van der Waals surface area contributed by atoms with Gasteiger partial charge in [-0.2, -0.15) is 13.2 Å². The standard InChI is InChI=1S/C10H21F3N2O/c1-9(2)15(3)6-4-14-5-7-16-8-10(11,12)13/h9,14H,4-8H2,1-3H3. The molecule has 1 N–H and O–H groups in total. The van der Waals surface area contributed by atoms with E-state index in [2.05, 4.69) is 28.8 Å². The zero-order valence-electron chi connectivity index (χ0n) is 10.1. The highest BCUT2D eigenvalue weighted by atomic mass is 19.4. The number of hydrogen-bond acceptors (Lipinski definition) is 3. The molecule has 0 heterocycles. The van der Waals surface area contributed by atoms with Crippen LogP contribution in [0.2, 0.25) is 0 Å². The van der Waals surface area contributed by atoms with Crippen molar-refractivity contribution in [2.75, 3.05) is 39.9 Å². The molecule has 0 rings (SSSR count). The Kier molecular flexibility index (Phi) is 7.70. The molecule has 0 aromatic carbocycles. The van der Waals surface area contributed by atoms with Crippen molar-refractivity contribution in [2.45, 2.75) is 26.1 Å². The lowest BCUT2D eigenvalue weighted by Gasteiger charge is -2.20. The van der Waals surface area contributed by atoms with E-state index in [0.29, 0.717) is 12.6 Å². The lowest BCUT2D eigenvalue weighted by Crippen LogP contribution is -2.35. The second-order valence-electron chi connectivity index (χ2n) is 3.99. The second-order valence-corrected chi connectivity index (χ2v) is 3.99. The first kappa shape index (κ1) is 15.7. The zero-order valence-corrected chi connectivity index (χ0v) is 10.1. The van der Waals surface area contributed by atoms with Crippen LogP contribution in [0.5, 0.6) is 0 Å². The van der Waals surface area contributed by atoms with Crippen molar-refractivity contribution in [3.05, 3.63) is 0 Å². The van der Waals surface area contributed by atoms with Crippen LogP contribution in [-0.4, -0.2) is 57.0 Å². The summed E-state index contributed by atoms with van der Waals surface area (Å²) in [5.74, 6) is 0. The molecule has 0 aliphatic rings. The lowest BCUT2D eigenvalue weighted by molar-refractivity contribution is -0.173. The van der Waals surface area contributed by atoms with Crippen molar-refractivity contribution in [1.29, 1.82) is 0 Å². The number of halogens is 3. The fourth-order valence-electron chi connectivity index (χ4n) is 0.971. The normalized spacial score (nSPS) is 12.8. The lowest BCUT2D eigenvalue weighted by atomic mass is 10.3. The van der Waals surface area contributed by atoms with Gasteiger partial charge in [0.2, 0.25) is 0 Å². The van der Waals surface area contributed by atoms with E-state index in [0.717, 1.165) is 13.1 Å². The Bertz CT molecular complexity index is 174. The molecule has 0 aromatic heterocycles. The van der Waals surface area contributed by atoms with Gasteiger partial charge >= 0.3 is 6.18 Å². The van der Waals surface area contributed by atoms with Crippen LogP contribution in [0.4, 0.5) is 13.2 Å². The average molecular weight is 242 g/mol. The van der Waals surface area contributed by atoms with Crippen LogP contribution >= 0.6 is 0 Å². The van der Waals surface area contributed by atoms with Crippen LogP contribution in [0.15, 0.2) is 0 Å². The van der Waals surface area contributed by atoms with Gasteiger partial charge in [0.1, 0.15) is 6.61 Å². The fraction of sp³-hybridized carbons (Fsp3) is 1.00. The van der Waals surface area contributed by atoms with Gasteiger partial charge in [-0.3, -0.25) is 0 Å². The molecule has 0 saturated carbocycles. The predicted octanol–water partition coefficient (Wildman–Crippen LogP) is 1.50. The summed E-state index contributed by atoms with van der Waals surface area (Å²) in [7, 11) is 2.01. The van der Waals surface area contributed by atoms with E-state index in [1.54, 1.807) is 0 Å². The van der Waals surface area contributed by atoms with Gasteiger partial charge in [-0.1, -0.05) is 0 Å². The number of nitrogens with zero attached hydrogens (tertiary/aromatic N) is 1. The smallest absolute Gasteiger partial charge is 0.371 e. The Morgan fingerprint density at radius 1 is 1.25 bits per heavy atom. The van der Waals surface area contributed by atoms with Crippen molar-refractivity contribution in [3.63, 3.8) is 0 Å². The summed E-state index contributed by atoms with van der Waals surface area (Å²) in [6.45, 7) is 5.17. The first-order valence-corrected chi connectivity index (χ1v) is 5.38. The molecular formula is C10H21F3N2O. The molecule has 3 nitrogen and oxygen atoms in total. The number of rotatable bonds is 8. The van der Waals surface area contributed by atoms with E-state index in [1.807, 2.05) is 7.05 Å². The molecular weight excluding hydrogens is 221 g/mol. The quantitative estimate of drug-likeness (QED) is 0.653. The van der Waals surface area contributed by atoms with Gasteiger partial charge in [0, 0.05) is 25.7 Å². The largest absolute Gasteiger partial charge is 0.411 e. The molecule has 0 amide bonds. The summed E-state index contributed by atoms with van der Waals surface area (Å²) in [5.41, 5.74) is 0. The summed E-state index contributed by atoms with van der Waals surface area (Å²) >= 11 is 0. The molecule has 16 heavy (non-hydrogen) atoms. The van der Waals surface area contributed by atoms with E-state index >= 15 is 0 Å². The monoisotopic (exact) mass is 242 g/mol. The minimum absolute atomic E-state index is 0.0882. The Morgan fingerprint density at radius 3 is 2.38 bits per heavy atom. The van der Waals surface area contributed by atoms with Crippen molar-refractivity contribution in [1.82, 2.24) is 10.2 Å². The van der Waals surface area contributed by atoms with Crippen LogP contribution in [0.1, 0.15) is 13.8 Å². The molecule has 0 unspecified atom stereocenters. The van der Waals surface area contributed by atoms with Crippen LogP contribution in [-0.2, 0) is 4.74 Å². The molecule has 0 atom stereocenters. The molecule has 6 heteroatoms. The minimum Gasteiger partial charge on any atom is -0.371 e. The van der Waals surface area contributed by atoms with Gasteiger partial charge in [0.15, 0.2) is 0 Å². The molecule has 0 saturated heterocycles. The number of alkyl halides is 3. The van der Waals surface area contributed by atoms with Gasteiger partial charge < -0.3 is 15.0 Å².